The van der Waals surface area contributed by atoms with Crippen molar-refractivity contribution in [3.8, 4) is 11.4 Å². The van der Waals surface area contributed by atoms with Gasteiger partial charge in [0.2, 0.25) is 0 Å². The van der Waals surface area contributed by atoms with Gasteiger partial charge in [-0.1, -0.05) is 49.9 Å². The van der Waals surface area contributed by atoms with Gasteiger partial charge in [0.15, 0.2) is 11.0 Å². The Morgan fingerprint density at radius 1 is 0.970 bits per heavy atom. The quantitative estimate of drug-likeness (QED) is 0.327. The predicted molar refractivity (Wildman–Crippen MR) is 133 cm³/mol. The molecule has 6 nitrogen and oxygen atoms in total. The Bertz CT molecular complexity index is 1200. The van der Waals surface area contributed by atoms with Crippen LogP contribution in [0.2, 0.25) is 0 Å². The van der Waals surface area contributed by atoms with E-state index in [9.17, 15) is 4.79 Å². The molecular formula is C26H27N5OS. The number of hydrogen-bond donors (Lipinski definition) is 1. The topological polar surface area (TPSA) is 72.7 Å². The molecule has 2 heterocycles. The van der Waals surface area contributed by atoms with Gasteiger partial charge in [0.25, 0.3) is 5.91 Å². The van der Waals surface area contributed by atoms with Crippen molar-refractivity contribution >= 4 is 23.4 Å². The molecule has 168 valence electrons. The number of pyridine rings is 1. The molecule has 0 fully saturated rings. The van der Waals surface area contributed by atoms with E-state index in [1.54, 1.807) is 24.2 Å². The van der Waals surface area contributed by atoms with Gasteiger partial charge in [0.05, 0.1) is 0 Å². The Kier molecular flexibility index (Phi) is 7.19. The number of aromatic nitrogens is 4. The zero-order chi connectivity index (χ0) is 23.2. The van der Waals surface area contributed by atoms with Gasteiger partial charge >= 0.3 is 0 Å². The molecule has 4 aromatic rings. The highest BCUT2D eigenvalue weighted by molar-refractivity contribution is 7.98. The van der Waals surface area contributed by atoms with Gasteiger partial charge in [-0.15, -0.1) is 10.2 Å². The summed E-state index contributed by atoms with van der Waals surface area (Å²) in [5.74, 6) is 1.94. The number of carbonyl (C=O) groups is 1. The standard InChI is InChI=1S/C26H27N5OS/c1-4-31-24(21-13-15-27-16-14-21)29-30-26(31)33-17-19-5-7-22(8-6-19)25(32)28-23-11-9-20(10-12-23)18(2)3/h5-16,18H,4,17H2,1-3H3,(H,28,32). The zero-order valence-electron chi connectivity index (χ0n) is 19.0. The Hall–Kier alpha value is -3.45. The Morgan fingerprint density at radius 3 is 2.30 bits per heavy atom. The summed E-state index contributed by atoms with van der Waals surface area (Å²) >= 11 is 1.63. The minimum absolute atomic E-state index is 0.112. The van der Waals surface area contributed by atoms with E-state index in [4.69, 9.17) is 0 Å². The van der Waals surface area contributed by atoms with Crippen LogP contribution in [0.1, 0.15) is 48.2 Å². The maximum atomic E-state index is 12.6. The van der Waals surface area contributed by atoms with Crippen molar-refractivity contribution < 1.29 is 4.79 Å². The first-order chi connectivity index (χ1) is 16.0. The fourth-order valence-corrected chi connectivity index (χ4v) is 4.41. The second-order valence-electron chi connectivity index (χ2n) is 8.00. The maximum absolute atomic E-state index is 12.6. The first kappa shape index (κ1) is 22.7. The van der Waals surface area contributed by atoms with E-state index in [-0.39, 0.29) is 5.91 Å². The number of nitrogens with one attached hydrogen (secondary N) is 1. The fourth-order valence-electron chi connectivity index (χ4n) is 3.45. The van der Waals surface area contributed by atoms with Crippen LogP contribution in [-0.4, -0.2) is 25.7 Å². The molecule has 0 bridgehead atoms. The number of thioether (sulfide) groups is 1. The Morgan fingerprint density at radius 2 is 1.67 bits per heavy atom. The molecule has 1 N–H and O–H groups in total. The van der Waals surface area contributed by atoms with Gasteiger partial charge in [-0.05, 0) is 60.4 Å². The SMILES string of the molecule is CCn1c(SCc2ccc(C(=O)Nc3ccc(C(C)C)cc3)cc2)nnc1-c1ccncc1. The van der Waals surface area contributed by atoms with Crippen molar-refractivity contribution in [1.29, 1.82) is 0 Å². The molecule has 2 aromatic carbocycles. The predicted octanol–water partition coefficient (Wildman–Crippen LogP) is 6.03. The van der Waals surface area contributed by atoms with Crippen LogP contribution in [0.4, 0.5) is 5.69 Å². The highest BCUT2D eigenvalue weighted by atomic mass is 32.2. The second kappa shape index (κ2) is 10.4. The molecule has 0 aliphatic heterocycles. The normalized spacial score (nSPS) is 11.0. The van der Waals surface area contributed by atoms with Crippen LogP contribution in [0.3, 0.4) is 0 Å². The van der Waals surface area contributed by atoms with E-state index in [1.165, 1.54) is 5.56 Å². The van der Waals surface area contributed by atoms with Crippen molar-refractivity contribution in [3.63, 3.8) is 0 Å². The van der Waals surface area contributed by atoms with Crippen molar-refractivity contribution in [2.45, 2.75) is 44.1 Å². The maximum Gasteiger partial charge on any atom is 0.255 e. The molecule has 0 radical (unpaired) electrons. The third-order valence-corrected chi connectivity index (χ3v) is 6.43. The summed E-state index contributed by atoms with van der Waals surface area (Å²) in [7, 11) is 0. The van der Waals surface area contributed by atoms with Gasteiger partial charge < -0.3 is 9.88 Å². The number of benzene rings is 2. The van der Waals surface area contributed by atoms with Crippen molar-refractivity contribution in [2.24, 2.45) is 0 Å². The van der Waals surface area contributed by atoms with Crippen LogP contribution in [0.15, 0.2) is 78.2 Å². The number of nitrogens with zero attached hydrogens (tertiary/aromatic N) is 4. The number of hydrogen-bond acceptors (Lipinski definition) is 5. The molecule has 0 saturated heterocycles. The van der Waals surface area contributed by atoms with Crippen LogP contribution in [0.25, 0.3) is 11.4 Å². The first-order valence-corrected chi connectivity index (χ1v) is 12.0. The third-order valence-electron chi connectivity index (χ3n) is 5.39. The summed E-state index contributed by atoms with van der Waals surface area (Å²) in [5.41, 5.74) is 4.80. The average molecular weight is 458 g/mol. The summed E-state index contributed by atoms with van der Waals surface area (Å²) in [4.78, 5) is 16.7. The van der Waals surface area contributed by atoms with E-state index >= 15 is 0 Å². The summed E-state index contributed by atoms with van der Waals surface area (Å²) < 4.78 is 2.10. The lowest BCUT2D eigenvalue weighted by Gasteiger charge is -2.09. The number of anilines is 1. The van der Waals surface area contributed by atoms with E-state index in [2.05, 4.69) is 58.0 Å². The zero-order valence-corrected chi connectivity index (χ0v) is 19.8. The van der Waals surface area contributed by atoms with E-state index in [0.717, 1.165) is 40.1 Å². The molecule has 0 aliphatic carbocycles. The van der Waals surface area contributed by atoms with Crippen molar-refractivity contribution in [3.05, 3.63) is 89.7 Å². The molecule has 0 unspecified atom stereocenters. The molecule has 0 aliphatic rings. The summed E-state index contributed by atoms with van der Waals surface area (Å²) in [6, 6.07) is 19.6. The number of carbonyl (C=O) groups excluding carboxylic acids is 1. The largest absolute Gasteiger partial charge is 0.322 e. The molecule has 0 spiro atoms. The summed E-state index contributed by atoms with van der Waals surface area (Å²) in [6.45, 7) is 7.17. The van der Waals surface area contributed by atoms with Gasteiger partial charge in [-0.3, -0.25) is 9.78 Å². The minimum atomic E-state index is -0.112. The molecule has 0 atom stereocenters. The van der Waals surface area contributed by atoms with Crippen molar-refractivity contribution in [2.75, 3.05) is 5.32 Å². The van der Waals surface area contributed by atoms with Gasteiger partial charge in [0, 0.05) is 41.5 Å². The fraction of sp³-hybridized carbons (Fsp3) is 0.231. The number of rotatable bonds is 8. The smallest absolute Gasteiger partial charge is 0.255 e. The molecule has 2 aromatic heterocycles. The number of amides is 1. The second-order valence-corrected chi connectivity index (χ2v) is 8.95. The molecule has 7 heteroatoms. The van der Waals surface area contributed by atoms with Crippen LogP contribution in [0, 0.1) is 0 Å². The summed E-state index contributed by atoms with van der Waals surface area (Å²) in [5, 5.41) is 12.6. The average Bonchev–Trinajstić information content (AvgIpc) is 3.27. The van der Waals surface area contributed by atoms with E-state index in [0.29, 0.717) is 11.5 Å². The van der Waals surface area contributed by atoms with Gasteiger partial charge in [0.1, 0.15) is 0 Å². The Labute approximate surface area is 198 Å². The first-order valence-electron chi connectivity index (χ1n) is 11.0. The van der Waals surface area contributed by atoms with Crippen LogP contribution >= 0.6 is 11.8 Å². The Balaban J connectivity index is 1.38. The van der Waals surface area contributed by atoms with Gasteiger partial charge in [-0.2, -0.15) is 0 Å². The minimum Gasteiger partial charge on any atom is -0.322 e. The van der Waals surface area contributed by atoms with Crippen LogP contribution in [0.5, 0.6) is 0 Å². The van der Waals surface area contributed by atoms with E-state index in [1.807, 2.05) is 48.5 Å². The van der Waals surface area contributed by atoms with Gasteiger partial charge in [-0.25, -0.2) is 0 Å². The molecular weight excluding hydrogens is 430 g/mol. The highest BCUT2D eigenvalue weighted by Crippen LogP contribution is 2.26. The van der Waals surface area contributed by atoms with Crippen LogP contribution < -0.4 is 5.32 Å². The highest BCUT2D eigenvalue weighted by Gasteiger charge is 2.13. The monoisotopic (exact) mass is 457 g/mol. The van der Waals surface area contributed by atoms with Crippen LogP contribution in [-0.2, 0) is 12.3 Å². The molecule has 0 saturated carbocycles. The lowest BCUT2D eigenvalue weighted by atomic mass is 10.0. The third kappa shape index (κ3) is 5.49. The molecule has 33 heavy (non-hydrogen) atoms. The van der Waals surface area contributed by atoms with E-state index < -0.39 is 0 Å². The summed E-state index contributed by atoms with van der Waals surface area (Å²) in [6.07, 6.45) is 3.52. The lowest BCUT2D eigenvalue weighted by molar-refractivity contribution is 0.102. The lowest BCUT2D eigenvalue weighted by Crippen LogP contribution is -2.11. The molecule has 4 rings (SSSR count). The van der Waals surface area contributed by atoms with Crippen molar-refractivity contribution in [1.82, 2.24) is 19.7 Å². The molecule has 1 amide bonds.